The largest absolute Gasteiger partial charge is 0.325 e. The molecule has 0 atom stereocenters. The van der Waals surface area contributed by atoms with Crippen molar-refractivity contribution in [1.29, 1.82) is 5.26 Å². The van der Waals surface area contributed by atoms with Crippen molar-refractivity contribution in [2.45, 2.75) is 32.2 Å². The van der Waals surface area contributed by atoms with Crippen LogP contribution in [0.1, 0.15) is 29.2 Å². The van der Waals surface area contributed by atoms with Gasteiger partial charge < -0.3 is 5.32 Å². The molecule has 0 aliphatic heterocycles. The fourth-order valence-corrected chi connectivity index (χ4v) is 4.40. The fourth-order valence-electron chi connectivity index (χ4n) is 3.51. The van der Waals surface area contributed by atoms with Crippen molar-refractivity contribution in [1.82, 2.24) is 9.38 Å². The first-order valence-electron chi connectivity index (χ1n) is 9.85. The number of nitrogens with one attached hydrogen (secondary N) is 1. The number of nitriles is 1. The molecule has 0 unspecified atom stereocenters. The van der Waals surface area contributed by atoms with E-state index >= 15 is 0 Å². The van der Waals surface area contributed by atoms with Gasteiger partial charge in [0.2, 0.25) is 5.91 Å². The minimum absolute atomic E-state index is 0.0665. The van der Waals surface area contributed by atoms with Crippen LogP contribution in [0.3, 0.4) is 0 Å². The molecule has 2 heterocycles. The molecule has 4 aromatic rings. The highest BCUT2D eigenvalue weighted by atomic mass is 32.2. The standard InChI is InChI=1S/C24H22N4OS/c1-4-17-12-23(30-14-22(29)26-18-10-9-15(2)16(3)11-18)28-21-8-6-5-7-20(21)27-24(28)19(17)13-25/h5-12H,4,14H2,1-3H3,(H,26,29). The normalized spacial score (nSPS) is 11.0. The molecule has 6 heteroatoms. The van der Waals surface area contributed by atoms with Gasteiger partial charge in [-0.2, -0.15) is 5.26 Å². The quantitative estimate of drug-likeness (QED) is 0.452. The Balaban J connectivity index is 1.67. The number of carbonyl (C=O) groups excluding carboxylic acids is 1. The number of benzene rings is 2. The summed E-state index contributed by atoms with van der Waals surface area (Å²) in [5.41, 5.74) is 7.10. The summed E-state index contributed by atoms with van der Waals surface area (Å²) in [7, 11) is 0. The molecule has 0 spiro atoms. The van der Waals surface area contributed by atoms with Crippen molar-refractivity contribution >= 4 is 40.0 Å². The third-order valence-corrected chi connectivity index (χ3v) is 6.26. The van der Waals surface area contributed by atoms with Gasteiger partial charge in [0.15, 0.2) is 5.65 Å². The maximum Gasteiger partial charge on any atom is 0.234 e. The predicted octanol–water partition coefficient (Wildman–Crippen LogP) is 5.27. The van der Waals surface area contributed by atoms with E-state index in [0.29, 0.717) is 11.2 Å². The predicted molar refractivity (Wildman–Crippen MR) is 122 cm³/mol. The van der Waals surface area contributed by atoms with Crippen molar-refractivity contribution in [2.75, 3.05) is 11.1 Å². The molecule has 1 amide bonds. The molecule has 0 aliphatic rings. The fraction of sp³-hybridized carbons (Fsp3) is 0.208. The van der Waals surface area contributed by atoms with Gasteiger partial charge in [-0.1, -0.05) is 36.9 Å². The van der Waals surface area contributed by atoms with Gasteiger partial charge in [-0.3, -0.25) is 9.20 Å². The average Bonchev–Trinajstić information content (AvgIpc) is 3.13. The van der Waals surface area contributed by atoms with E-state index in [-0.39, 0.29) is 11.7 Å². The second kappa shape index (κ2) is 8.21. The molecule has 0 bridgehead atoms. The Bertz CT molecular complexity index is 1320. The highest BCUT2D eigenvalue weighted by molar-refractivity contribution is 7.99. The van der Waals surface area contributed by atoms with Gasteiger partial charge in [0.05, 0.1) is 27.4 Å². The Kier molecular flexibility index (Phi) is 5.47. The lowest BCUT2D eigenvalue weighted by molar-refractivity contribution is -0.113. The maximum atomic E-state index is 12.6. The average molecular weight is 415 g/mol. The van der Waals surface area contributed by atoms with Crippen LogP contribution >= 0.6 is 11.8 Å². The zero-order chi connectivity index (χ0) is 21.3. The monoisotopic (exact) mass is 414 g/mol. The first-order chi connectivity index (χ1) is 14.5. The number of carbonyl (C=O) groups is 1. The van der Waals surface area contributed by atoms with Gasteiger partial charge in [-0.25, -0.2) is 4.98 Å². The summed E-state index contributed by atoms with van der Waals surface area (Å²) in [4.78, 5) is 17.3. The van der Waals surface area contributed by atoms with E-state index in [9.17, 15) is 10.1 Å². The third kappa shape index (κ3) is 3.64. The van der Waals surface area contributed by atoms with Crippen molar-refractivity contribution in [3.8, 4) is 6.07 Å². The molecule has 2 aromatic carbocycles. The molecule has 0 saturated heterocycles. The van der Waals surface area contributed by atoms with E-state index in [2.05, 4.69) is 11.4 Å². The Morgan fingerprint density at radius 1 is 1.17 bits per heavy atom. The van der Waals surface area contributed by atoms with E-state index < -0.39 is 0 Å². The Hall–Kier alpha value is -3.30. The third-order valence-electron chi connectivity index (χ3n) is 5.26. The number of pyridine rings is 1. The topological polar surface area (TPSA) is 70.2 Å². The Labute approximate surface area is 179 Å². The van der Waals surface area contributed by atoms with Gasteiger partial charge in [0.25, 0.3) is 0 Å². The summed E-state index contributed by atoms with van der Waals surface area (Å²) in [6, 6.07) is 18.0. The number of hydrogen-bond acceptors (Lipinski definition) is 4. The Morgan fingerprint density at radius 3 is 2.70 bits per heavy atom. The van der Waals surface area contributed by atoms with Crippen molar-refractivity contribution in [2.24, 2.45) is 0 Å². The minimum Gasteiger partial charge on any atom is -0.325 e. The number of amides is 1. The van der Waals surface area contributed by atoms with Crippen molar-refractivity contribution < 1.29 is 4.79 Å². The van der Waals surface area contributed by atoms with E-state index in [1.54, 1.807) is 0 Å². The number of aromatic nitrogens is 2. The summed E-state index contributed by atoms with van der Waals surface area (Å²) >= 11 is 1.45. The summed E-state index contributed by atoms with van der Waals surface area (Å²) in [6.45, 7) is 6.10. The molecule has 0 aliphatic carbocycles. The van der Waals surface area contributed by atoms with Crippen LogP contribution in [-0.4, -0.2) is 21.0 Å². The van der Waals surface area contributed by atoms with Gasteiger partial charge in [-0.05, 0) is 67.3 Å². The zero-order valence-corrected chi connectivity index (χ0v) is 18.0. The number of fused-ring (bicyclic) bond motifs is 3. The summed E-state index contributed by atoms with van der Waals surface area (Å²) in [5, 5.41) is 13.6. The van der Waals surface area contributed by atoms with Gasteiger partial charge in [-0.15, -0.1) is 0 Å². The number of rotatable bonds is 5. The van der Waals surface area contributed by atoms with Crippen LogP contribution in [0.25, 0.3) is 16.7 Å². The number of imidazole rings is 1. The van der Waals surface area contributed by atoms with Crippen LogP contribution in [-0.2, 0) is 11.2 Å². The van der Waals surface area contributed by atoms with E-state index in [1.165, 1.54) is 17.3 Å². The molecule has 4 rings (SSSR count). The number of para-hydroxylation sites is 2. The second-order valence-corrected chi connectivity index (χ2v) is 8.24. The van der Waals surface area contributed by atoms with E-state index in [0.717, 1.165) is 39.3 Å². The molecular formula is C24H22N4OS. The molecule has 150 valence electrons. The van der Waals surface area contributed by atoms with Crippen molar-refractivity contribution in [3.05, 3.63) is 70.8 Å². The molecule has 0 saturated carbocycles. The van der Waals surface area contributed by atoms with Crippen LogP contribution in [0.4, 0.5) is 5.69 Å². The SMILES string of the molecule is CCc1cc(SCC(=O)Nc2ccc(C)c(C)c2)n2c(nc3ccccc32)c1C#N. The molecule has 0 fully saturated rings. The molecule has 0 radical (unpaired) electrons. The molecule has 5 nitrogen and oxygen atoms in total. The molecular weight excluding hydrogens is 392 g/mol. The molecule has 1 N–H and O–H groups in total. The first kappa shape index (κ1) is 20.0. The Morgan fingerprint density at radius 2 is 1.97 bits per heavy atom. The van der Waals surface area contributed by atoms with Crippen molar-refractivity contribution in [3.63, 3.8) is 0 Å². The lowest BCUT2D eigenvalue weighted by atomic mass is 10.1. The first-order valence-corrected chi connectivity index (χ1v) is 10.8. The number of anilines is 1. The highest BCUT2D eigenvalue weighted by Crippen LogP contribution is 2.30. The van der Waals surface area contributed by atoms with Crippen LogP contribution < -0.4 is 5.32 Å². The maximum absolute atomic E-state index is 12.6. The minimum atomic E-state index is -0.0665. The van der Waals surface area contributed by atoms with Crippen LogP contribution in [0, 0.1) is 25.2 Å². The zero-order valence-electron chi connectivity index (χ0n) is 17.2. The van der Waals surface area contributed by atoms with E-state index in [4.69, 9.17) is 4.98 Å². The molecule has 2 aromatic heterocycles. The number of nitrogens with zero attached hydrogens (tertiary/aromatic N) is 3. The highest BCUT2D eigenvalue weighted by Gasteiger charge is 2.17. The van der Waals surface area contributed by atoms with Gasteiger partial charge in [0, 0.05) is 5.69 Å². The number of thioether (sulfide) groups is 1. The van der Waals surface area contributed by atoms with Gasteiger partial charge >= 0.3 is 0 Å². The second-order valence-electron chi connectivity index (χ2n) is 7.24. The van der Waals surface area contributed by atoms with Crippen LogP contribution in [0.2, 0.25) is 0 Å². The number of hydrogen-bond donors (Lipinski definition) is 1. The van der Waals surface area contributed by atoms with Crippen LogP contribution in [0.5, 0.6) is 0 Å². The smallest absolute Gasteiger partial charge is 0.234 e. The lowest BCUT2D eigenvalue weighted by Gasteiger charge is -2.11. The summed E-state index contributed by atoms with van der Waals surface area (Å²) in [6.07, 6.45) is 0.727. The number of aryl methyl sites for hydroxylation is 3. The van der Waals surface area contributed by atoms with E-state index in [1.807, 2.05) is 73.7 Å². The molecule has 30 heavy (non-hydrogen) atoms. The summed E-state index contributed by atoms with van der Waals surface area (Å²) in [5.74, 6) is 0.201. The summed E-state index contributed by atoms with van der Waals surface area (Å²) < 4.78 is 1.99. The van der Waals surface area contributed by atoms with Gasteiger partial charge in [0.1, 0.15) is 6.07 Å². The van der Waals surface area contributed by atoms with Crippen LogP contribution in [0.15, 0.2) is 53.6 Å². The lowest BCUT2D eigenvalue weighted by Crippen LogP contribution is -2.14.